The minimum atomic E-state index is -4.77. The molecule has 0 saturated carbocycles. The van der Waals surface area contributed by atoms with Crippen molar-refractivity contribution in [3.8, 4) is 11.5 Å². The number of ether oxygens (including phenoxy) is 2. The summed E-state index contributed by atoms with van der Waals surface area (Å²) in [4.78, 5) is 12.3. The standard InChI is InChI=1S/C22H20F3NO4/c1-14(2)15-3-7-17(8-4-15)28-13-19-11-12-20(29-19)21(27)26-16-5-9-18(10-6-16)30-22(23,24)25/h3-12,14H,13H2,1-2H3,(H,26,27). The van der Waals surface area contributed by atoms with Crippen LogP contribution in [0.1, 0.15) is 41.6 Å². The molecule has 30 heavy (non-hydrogen) atoms. The highest BCUT2D eigenvalue weighted by Gasteiger charge is 2.31. The van der Waals surface area contributed by atoms with E-state index in [0.29, 0.717) is 23.1 Å². The lowest BCUT2D eigenvalue weighted by molar-refractivity contribution is -0.274. The van der Waals surface area contributed by atoms with E-state index in [4.69, 9.17) is 9.15 Å². The maximum absolute atomic E-state index is 12.3. The van der Waals surface area contributed by atoms with E-state index < -0.39 is 12.3 Å². The van der Waals surface area contributed by atoms with Gasteiger partial charge in [-0.25, -0.2) is 0 Å². The number of carbonyl (C=O) groups excluding carboxylic acids is 1. The molecule has 1 N–H and O–H groups in total. The van der Waals surface area contributed by atoms with E-state index in [1.54, 1.807) is 6.07 Å². The van der Waals surface area contributed by atoms with Crippen LogP contribution < -0.4 is 14.8 Å². The molecule has 2 aromatic carbocycles. The highest BCUT2D eigenvalue weighted by atomic mass is 19.4. The van der Waals surface area contributed by atoms with Crippen molar-refractivity contribution < 1.29 is 31.9 Å². The number of nitrogens with one attached hydrogen (secondary N) is 1. The average Bonchev–Trinajstić information content (AvgIpc) is 3.16. The first-order valence-electron chi connectivity index (χ1n) is 9.18. The van der Waals surface area contributed by atoms with Gasteiger partial charge in [0.05, 0.1) is 0 Å². The molecule has 0 aliphatic carbocycles. The lowest BCUT2D eigenvalue weighted by Crippen LogP contribution is -2.17. The highest BCUT2D eigenvalue weighted by molar-refractivity contribution is 6.02. The summed E-state index contributed by atoms with van der Waals surface area (Å²) in [6.07, 6.45) is -4.77. The minimum absolute atomic E-state index is 0.0550. The van der Waals surface area contributed by atoms with Crippen molar-refractivity contribution in [2.75, 3.05) is 5.32 Å². The zero-order valence-corrected chi connectivity index (χ0v) is 16.3. The Morgan fingerprint density at radius 3 is 2.20 bits per heavy atom. The third kappa shape index (κ3) is 6.04. The number of amides is 1. The summed E-state index contributed by atoms with van der Waals surface area (Å²) in [6.45, 7) is 4.36. The Morgan fingerprint density at radius 1 is 0.967 bits per heavy atom. The first-order valence-corrected chi connectivity index (χ1v) is 9.18. The monoisotopic (exact) mass is 419 g/mol. The molecule has 0 spiro atoms. The van der Waals surface area contributed by atoms with Crippen molar-refractivity contribution in [1.29, 1.82) is 0 Å². The maximum atomic E-state index is 12.3. The number of hydrogen-bond donors (Lipinski definition) is 1. The van der Waals surface area contributed by atoms with Crippen molar-refractivity contribution in [3.63, 3.8) is 0 Å². The Labute approximate surface area is 171 Å². The second-order valence-corrected chi connectivity index (χ2v) is 6.80. The Morgan fingerprint density at radius 2 is 1.60 bits per heavy atom. The number of alkyl halides is 3. The summed E-state index contributed by atoms with van der Waals surface area (Å²) in [5, 5.41) is 2.54. The van der Waals surface area contributed by atoms with Crippen LogP contribution in [0.15, 0.2) is 65.1 Å². The molecule has 0 fully saturated rings. The van der Waals surface area contributed by atoms with Crippen LogP contribution in [0, 0.1) is 0 Å². The van der Waals surface area contributed by atoms with Gasteiger partial charge in [0.25, 0.3) is 5.91 Å². The van der Waals surface area contributed by atoms with E-state index in [1.807, 2.05) is 24.3 Å². The zero-order chi connectivity index (χ0) is 21.7. The van der Waals surface area contributed by atoms with Crippen molar-refractivity contribution >= 4 is 11.6 Å². The molecule has 0 radical (unpaired) electrons. The van der Waals surface area contributed by atoms with E-state index in [1.165, 1.54) is 23.8 Å². The molecular weight excluding hydrogens is 399 g/mol. The summed E-state index contributed by atoms with van der Waals surface area (Å²) in [5.41, 5.74) is 1.51. The number of furan rings is 1. The molecule has 0 saturated heterocycles. The van der Waals surface area contributed by atoms with Crippen molar-refractivity contribution in [3.05, 3.63) is 77.7 Å². The smallest absolute Gasteiger partial charge is 0.486 e. The predicted octanol–water partition coefficient (Wildman–Crippen LogP) is 6.13. The molecule has 158 valence electrons. The fraction of sp³-hybridized carbons (Fsp3) is 0.227. The van der Waals surface area contributed by atoms with Gasteiger partial charge >= 0.3 is 6.36 Å². The molecular formula is C22H20F3NO4. The van der Waals surface area contributed by atoms with Gasteiger partial charge in [0.2, 0.25) is 0 Å². The van der Waals surface area contributed by atoms with E-state index in [0.717, 1.165) is 12.1 Å². The summed E-state index contributed by atoms with van der Waals surface area (Å²) in [7, 11) is 0. The summed E-state index contributed by atoms with van der Waals surface area (Å²) >= 11 is 0. The van der Waals surface area contributed by atoms with Gasteiger partial charge in [-0.15, -0.1) is 13.2 Å². The maximum Gasteiger partial charge on any atom is 0.573 e. The van der Waals surface area contributed by atoms with E-state index >= 15 is 0 Å². The second-order valence-electron chi connectivity index (χ2n) is 6.80. The van der Waals surface area contributed by atoms with Gasteiger partial charge in [-0.1, -0.05) is 26.0 Å². The first-order chi connectivity index (χ1) is 14.2. The normalized spacial score (nSPS) is 11.4. The Hall–Kier alpha value is -3.42. The van der Waals surface area contributed by atoms with Gasteiger partial charge in [-0.3, -0.25) is 4.79 Å². The van der Waals surface area contributed by atoms with Crippen LogP contribution in [0.5, 0.6) is 11.5 Å². The zero-order valence-electron chi connectivity index (χ0n) is 16.3. The summed E-state index contributed by atoms with van der Waals surface area (Å²) in [6, 6.07) is 15.7. The Kier molecular flexibility index (Phi) is 6.34. The molecule has 1 amide bonds. The number of anilines is 1. The quantitative estimate of drug-likeness (QED) is 0.500. The Bertz CT molecular complexity index is 977. The fourth-order valence-electron chi connectivity index (χ4n) is 2.61. The molecule has 3 aromatic rings. The summed E-state index contributed by atoms with van der Waals surface area (Å²) in [5.74, 6) is 0.717. The predicted molar refractivity (Wildman–Crippen MR) is 105 cm³/mol. The van der Waals surface area contributed by atoms with Crippen molar-refractivity contribution in [2.24, 2.45) is 0 Å². The minimum Gasteiger partial charge on any atom is -0.486 e. The van der Waals surface area contributed by atoms with Gasteiger partial charge in [0, 0.05) is 5.69 Å². The molecule has 1 heterocycles. The average molecular weight is 419 g/mol. The molecule has 5 nitrogen and oxygen atoms in total. The van der Waals surface area contributed by atoms with E-state index in [2.05, 4.69) is 23.9 Å². The molecule has 0 atom stereocenters. The molecule has 0 aliphatic rings. The van der Waals surface area contributed by atoms with Crippen molar-refractivity contribution in [2.45, 2.75) is 32.7 Å². The first kappa shape index (κ1) is 21.3. The number of rotatable bonds is 7. The van der Waals surface area contributed by atoms with Crippen LogP contribution in [0.25, 0.3) is 0 Å². The third-order valence-electron chi connectivity index (χ3n) is 4.16. The third-order valence-corrected chi connectivity index (χ3v) is 4.16. The topological polar surface area (TPSA) is 60.7 Å². The molecule has 0 bridgehead atoms. The number of halogens is 3. The number of carbonyl (C=O) groups is 1. The van der Waals surface area contributed by atoms with Gasteiger partial charge in [-0.2, -0.15) is 0 Å². The molecule has 3 rings (SSSR count). The van der Waals surface area contributed by atoms with Crippen LogP contribution in [0.2, 0.25) is 0 Å². The number of benzene rings is 2. The molecule has 1 aromatic heterocycles. The number of hydrogen-bond acceptors (Lipinski definition) is 4. The Balaban J connectivity index is 1.54. The second kappa shape index (κ2) is 8.94. The lowest BCUT2D eigenvalue weighted by atomic mass is 10.0. The lowest BCUT2D eigenvalue weighted by Gasteiger charge is -2.09. The molecule has 0 unspecified atom stereocenters. The van der Waals surface area contributed by atoms with E-state index in [-0.39, 0.29) is 18.1 Å². The van der Waals surface area contributed by atoms with Crippen LogP contribution >= 0.6 is 0 Å². The molecule has 0 aliphatic heterocycles. The van der Waals surface area contributed by atoms with Crippen LogP contribution in [-0.4, -0.2) is 12.3 Å². The van der Waals surface area contributed by atoms with Crippen LogP contribution in [0.4, 0.5) is 18.9 Å². The van der Waals surface area contributed by atoms with Gasteiger partial charge < -0.3 is 19.2 Å². The molecule has 8 heteroatoms. The van der Waals surface area contributed by atoms with Crippen LogP contribution in [0.3, 0.4) is 0 Å². The largest absolute Gasteiger partial charge is 0.573 e. The van der Waals surface area contributed by atoms with Gasteiger partial charge in [-0.05, 0) is 60.0 Å². The van der Waals surface area contributed by atoms with Gasteiger partial charge in [0.1, 0.15) is 23.9 Å². The van der Waals surface area contributed by atoms with Gasteiger partial charge in [0.15, 0.2) is 5.76 Å². The fourth-order valence-corrected chi connectivity index (χ4v) is 2.61. The van der Waals surface area contributed by atoms with Crippen molar-refractivity contribution in [1.82, 2.24) is 0 Å². The SMILES string of the molecule is CC(C)c1ccc(OCc2ccc(C(=O)Nc3ccc(OC(F)(F)F)cc3)o2)cc1. The van der Waals surface area contributed by atoms with E-state index in [9.17, 15) is 18.0 Å². The summed E-state index contributed by atoms with van der Waals surface area (Å²) < 4.78 is 51.5. The van der Waals surface area contributed by atoms with Crippen LogP contribution in [-0.2, 0) is 6.61 Å². The highest BCUT2D eigenvalue weighted by Crippen LogP contribution is 2.24.